The number of piperidine rings is 1. The van der Waals surface area contributed by atoms with Gasteiger partial charge in [-0.2, -0.15) is 0 Å². The van der Waals surface area contributed by atoms with Crippen molar-refractivity contribution in [2.75, 3.05) is 25.4 Å². The summed E-state index contributed by atoms with van der Waals surface area (Å²) in [6, 6.07) is 6.37. The van der Waals surface area contributed by atoms with Crippen molar-refractivity contribution in [3.63, 3.8) is 0 Å². The second-order valence-corrected chi connectivity index (χ2v) is 7.78. The lowest BCUT2D eigenvalue weighted by Crippen LogP contribution is -2.51. The molecule has 0 radical (unpaired) electrons. The highest BCUT2D eigenvalue weighted by Crippen LogP contribution is 2.24. The maximum Gasteiger partial charge on any atom is 0.226 e. The van der Waals surface area contributed by atoms with E-state index in [1.807, 2.05) is 11.8 Å². The Kier molecular flexibility index (Phi) is 10.7. The predicted octanol–water partition coefficient (Wildman–Crippen LogP) is 2.82. The molecule has 1 aliphatic heterocycles. The number of thioether (sulfide) groups is 1. The lowest BCUT2D eigenvalue weighted by atomic mass is 10.00. The molecular weight excluding hydrogens is 389 g/mol. The molecule has 1 aliphatic rings. The summed E-state index contributed by atoms with van der Waals surface area (Å²) in [6.07, 6.45) is 3.29. The Morgan fingerprint density at radius 3 is 2.70 bits per heavy atom. The van der Waals surface area contributed by atoms with Gasteiger partial charge in [0.15, 0.2) is 0 Å². The first-order valence-electron chi connectivity index (χ1n) is 9.17. The molecule has 1 aromatic rings. The summed E-state index contributed by atoms with van der Waals surface area (Å²) in [5.74, 6) is 0.312. The summed E-state index contributed by atoms with van der Waals surface area (Å²) < 4.78 is 13.0. The fraction of sp³-hybridized carbons (Fsp3) is 0.579. The first-order valence-corrected chi connectivity index (χ1v) is 10.2. The number of nitrogens with one attached hydrogen (secondary N) is 1. The highest BCUT2D eigenvalue weighted by Gasteiger charge is 2.29. The topological polar surface area (TPSA) is 75.4 Å². The molecule has 0 spiro atoms. The zero-order valence-electron chi connectivity index (χ0n) is 15.7. The number of carbonyl (C=O) groups is 2. The molecule has 0 aliphatic carbocycles. The Morgan fingerprint density at radius 2 is 2.04 bits per heavy atom. The van der Waals surface area contributed by atoms with Crippen LogP contribution in [-0.4, -0.2) is 48.1 Å². The summed E-state index contributed by atoms with van der Waals surface area (Å²) in [5.41, 5.74) is 5.39. The van der Waals surface area contributed by atoms with Gasteiger partial charge in [-0.05, 0) is 43.5 Å². The average molecular weight is 418 g/mol. The number of amides is 2. The Hall–Kier alpha value is -1.31. The van der Waals surface area contributed by atoms with Crippen LogP contribution in [0.4, 0.5) is 4.39 Å². The number of rotatable bonds is 8. The van der Waals surface area contributed by atoms with E-state index in [1.165, 1.54) is 12.1 Å². The first kappa shape index (κ1) is 23.7. The van der Waals surface area contributed by atoms with Crippen LogP contribution in [0.1, 0.15) is 32.6 Å². The fourth-order valence-electron chi connectivity index (χ4n) is 3.06. The summed E-state index contributed by atoms with van der Waals surface area (Å²) in [4.78, 5) is 27.4. The monoisotopic (exact) mass is 417 g/mol. The van der Waals surface area contributed by atoms with Crippen molar-refractivity contribution in [2.45, 2.75) is 43.5 Å². The van der Waals surface area contributed by atoms with Crippen molar-refractivity contribution >= 4 is 36.0 Å². The van der Waals surface area contributed by atoms with E-state index in [1.54, 1.807) is 23.9 Å². The number of benzene rings is 1. The molecular formula is C19H29ClFN3O2S. The maximum absolute atomic E-state index is 13.0. The summed E-state index contributed by atoms with van der Waals surface area (Å²) >= 11 is 1.56. The normalized spacial score (nSPS) is 17.7. The van der Waals surface area contributed by atoms with Gasteiger partial charge in [0.05, 0.1) is 0 Å². The predicted molar refractivity (Wildman–Crippen MR) is 110 cm³/mol. The van der Waals surface area contributed by atoms with Crippen molar-refractivity contribution in [2.24, 2.45) is 11.7 Å². The lowest BCUT2D eigenvalue weighted by Gasteiger charge is -2.37. The van der Waals surface area contributed by atoms with Gasteiger partial charge < -0.3 is 16.0 Å². The van der Waals surface area contributed by atoms with Gasteiger partial charge >= 0.3 is 0 Å². The molecule has 0 aromatic heterocycles. The molecule has 2 amide bonds. The molecule has 2 atom stereocenters. The number of nitrogens with two attached hydrogens (primary N) is 1. The molecule has 27 heavy (non-hydrogen) atoms. The summed E-state index contributed by atoms with van der Waals surface area (Å²) in [7, 11) is 0. The molecule has 2 rings (SSSR count). The van der Waals surface area contributed by atoms with Crippen molar-refractivity contribution in [1.82, 2.24) is 10.2 Å². The molecule has 1 saturated heterocycles. The van der Waals surface area contributed by atoms with Crippen LogP contribution < -0.4 is 11.1 Å². The van der Waals surface area contributed by atoms with Crippen LogP contribution in [0.25, 0.3) is 0 Å². The van der Waals surface area contributed by atoms with Crippen LogP contribution in [0, 0.1) is 11.7 Å². The summed E-state index contributed by atoms with van der Waals surface area (Å²) in [5, 5.41) is 2.89. The van der Waals surface area contributed by atoms with E-state index in [9.17, 15) is 14.0 Å². The van der Waals surface area contributed by atoms with E-state index >= 15 is 0 Å². The molecule has 8 heteroatoms. The van der Waals surface area contributed by atoms with Crippen molar-refractivity contribution < 1.29 is 14.0 Å². The van der Waals surface area contributed by atoms with E-state index in [0.717, 1.165) is 30.7 Å². The van der Waals surface area contributed by atoms with Gasteiger partial charge in [-0.25, -0.2) is 4.39 Å². The number of likely N-dealkylation sites (tertiary alicyclic amines) is 1. The van der Waals surface area contributed by atoms with E-state index < -0.39 is 0 Å². The molecule has 0 bridgehead atoms. The van der Waals surface area contributed by atoms with Gasteiger partial charge in [-0.3, -0.25) is 9.59 Å². The third kappa shape index (κ3) is 7.68. The van der Waals surface area contributed by atoms with Crippen LogP contribution in [0.2, 0.25) is 0 Å². The molecule has 0 saturated carbocycles. The SMILES string of the molecule is CC(CSc1ccc(F)cc1)C(=O)N1CCCCC1CNC(=O)CCN.Cl. The van der Waals surface area contributed by atoms with Crippen LogP contribution in [-0.2, 0) is 9.59 Å². The van der Waals surface area contributed by atoms with Crippen molar-refractivity contribution in [3.8, 4) is 0 Å². The number of nitrogens with zero attached hydrogens (tertiary/aromatic N) is 1. The molecule has 2 unspecified atom stereocenters. The average Bonchev–Trinajstić information content (AvgIpc) is 2.65. The fourth-order valence-corrected chi connectivity index (χ4v) is 3.97. The molecule has 1 heterocycles. The largest absolute Gasteiger partial charge is 0.354 e. The number of halogens is 2. The minimum Gasteiger partial charge on any atom is -0.354 e. The second-order valence-electron chi connectivity index (χ2n) is 6.69. The lowest BCUT2D eigenvalue weighted by molar-refractivity contribution is -0.138. The standard InChI is InChI=1S/C19H28FN3O2S.ClH/c1-14(13-26-17-7-5-15(20)6-8-17)19(25)23-11-3-2-4-16(23)12-22-18(24)9-10-21;/h5-8,14,16H,2-4,9-13,21H2,1H3,(H,22,24);1H. The first-order chi connectivity index (χ1) is 12.5. The molecule has 152 valence electrons. The van der Waals surface area contributed by atoms with Gasteiger partial charge in [0.25, 0.3) is 0 Å². The third-order valence-corrected chi connectivity index (χ3v) is 5.82. The van der Waals surface area contributed by atoms with Gasteiger partial charge in [0.1, 0.15) is 5.82 Å². The molecule has 5 nitrogen and oxygen atoms in total. The van der Waals surface area contributed by atoms with Crippen LogP contribution >= 0.6 is 24.2 Å². The Balaban J connectivity index is 0.00000364. The van der Waals surface area contributed by atoms with E-state index in [2.05, 4.69) is 5.32 Å². The zero-order chi connectivity index (χ0) is 18.9. The molecule has 3 N–H and O–H groups in total. The van der Waals surface area contributed by atoms with E-state index in [4.69, 9.17) is 5.73 Å². The van der Waals surface area contributed by atoms with Crippen molar-refractivity contribution in [3.05, 3.63) is 30.1 Å². The van der Waals surface area contributed by atoms with E-state index in [0.29, 0.717) is 25.3 Å². The minimum absolute atomic E-state index is 0. The van der Waals surface area contributed by atoms with Crippen LogP contribution in [0.5, 0.6) is 0 Å². The van der Waals surface area contributed by atoms with E-state index in [-0.39, 0.29) is 42.0 Å². The van der Waals surface area contributed by atoms with Gasteiger partial charge in [0.2, 0.25) is 11.8 Å². The Labute approximate surface area is 171 Å². The van der Waals surface area contributed by atoms with Crippen LogP contribution in [0.3, 0.4) is 0 Å². The minimum atomic E-state index is -0.258. The molecule has 1 fully saturated rings. The number of hydrogen-bond acceptors (Lipinski definition) is 4. The third-order valence-electron chi connectivity index (χ3n) is 4.55. The highest BCUT2D eigenvalue weighted by molar-refractivity contribution is 7.99. The quantitative estimate of drug-likeness (QED) is 0.638. The highest BCUT2D eigenvalue weighted by atomic mass is 35.5. The maximum atomic E-state index is 13.0. The number of carbonyl (C=O) groups excluding carboxylic acids is 2. The second kappa shape index (κ2) is 12.2. The smallest absolute Gasteiger partial charge is 0.226 e. The number of hydrogen-bond donors (Lipinski definition) is 2. The van der Waals surface area contributed by atoms with Gasteiger partial charge in [0, 0.05) is 48.7 Å². The molecule has 1 aromatic carbocycles. The Morgan fingerprint density at radius 1 is 1.33 bits per heavy atom. The zero-order valence-corrected chi connectivity index (χ0v) is 17.3. The van der Waals surface area contributed by atoms with Crippen LogP contribution in [0.15, 0.2) is 29.2 Å². The Bertz CT molecular complexity index is 603. The summed E-state index contributed by atoms with van der Waals surface area (Å²) in [6.45, 7) is 3.48. The van der Waals surface area contributed by atoms with Gasteiger partial charge in [-0.1, -0.05) is 6.92 Å². The van der Waals surface area contributed by atoms with Gasteiger partial charge in [-0.15, -0.1) is 24.2 Å². The van der Waals surface area contributed by atoms with Crippen molar-refractivity contribution in [1.29, 1.82) is 0 Å².